The lowest BCUT2D eigenvalue weighted by Crippen LogP contribution is -2.48. The molecular weight excluding hydrogens is 340 g/mol. The second-order valence-corrected chi connectivity index (χ2v) is 8.78. The highest BCUT2D eigenvalue weighted by atomic mass is 35.5. The molecule has 118 valence electrons. The maximum atomic E-state index is 12.5. The van der Waals surface area contributed by atoms with E-state index in [1.807, 2.05) is 25.1 Å². The maximum Gasteiger partial charge on any atom is 0.252 e. The molecule has 0 radical (unpaired) electrons. The van der Waals surface area contributed by atoms with Crippen LogP contribution >= 0.6 is 22.9 Å². The van der Waals surface area contributed by atoms with Gasteiger partial charge in [0.25, 0.3) is 10.0 Å². The van der Waals surface area contributed by atoms with Crippen molar-refractivity contribution in [2.24, 2.45) is 0 Å². The number of benzene rings is 1. The van der Waals surface area contributed by atoms with Crippen LogP contribution in [0, 0.1) is 6.92 Å². The van der Waals surface area contributed by atoms with E-state index < -0.39 is 10.0 Å². The molecule has 1 aromatic carbocycles. The SMILES string of the molecule is Cc1ccc(N2CCN(S(=O)(=O)c3cccs3)CC2)cc1Cl. The van der Waals surface area contributed by atoms with Crippen LogP contribution in [0.2, 0.25) is 5.02 Å². The first-order chi connectivity index (χ1) is 10.5. The highest BCUT2D eigenvalue weighted by molar-refractivity contribution is 7.91. The second kappa shape index (κ2) is 6.20. The lowest BCUT2D eigenvalue weighted by atomic mass is 10.2. The molecule has 22 heavy (non-hydrogen) atoms. The molecule has 0 atom stereocenters. The van der Waals surface area contributed by atoms with Crippen LogP contribution in [0.5, 0.6) is 0 Å². The molecular formula is C15H17ClN2O2S2. The van der Waals surface area contributed by atoms with Gasteiger partial charge in [0.15, 0.2) is 0 Å². The van der Waals surface area contributed by atoms with Crippen molar-refractivity contribution in [1.29, 1.82) is 0 Å². The van der Waals surface area contributed by atoms with Crippen LogP contribution in [-0.4, -0.2) is 38.9 Å². The molecule has 0 amide bonds. The predicted octanol–water partition coefficient (Wildman–Crippen LogP) is 3.22. The Kier molecular flexibility index (Phi) is 4.45. The Labute approximate surface area is 140 Å². The zero-order valence-corrected chi connectivity index (χ0v) is 14.6. The Bertz CT molecular complexity index is 752. The van der Waals surface area contributed by atoms with E-state index >= 15 is 0 Å². The predicted molar refractivity (Wildman–Crippen MR) is 91.5 cm³/mol. The van der Waals surface area contributed by atoms with Crippen molar-refractivity contribution in [2.75, 3.05) is 31.1 Å². The first kappa shape index (κ1) is 15.8. The summed E-state index contributed by atoms with van der Waals surface area (Å²) in [6, 6.07) is 9.39. The Morgan fingerprint density at radius 2 is 1.86 bits per heavy atom. The van der Waals surface area contributed by atoms with Gasteiger partial charge in [-0.2, -0.15) is 4.31 Å². The van der Waals surface area contributed by atoms with Gasteiger partial charge in [-0.05, 0) is 36.1 Å². The minimum atomic E-state index is -3.34. The minimum Gasteiger partial charge on any atom is -0.369 e. The minimum absolute atomic E-state index is 0.416. The molecule has 7 heteroatoms. The van der Waals surface area contributed by atoms with Gasteiger partial charge in [0.2, 0.25) is 0 Å². The van der Waals surface area contributed by atoms with Gasteiger partial charge in [-0.15, -0.1) is 11.3 Å². The van der Waals surface area contributed by atoms with E-state index in [-0.39, 0.29) is 0 Å². The summed E-state index contributed by atoms with van der Waals surface area (Å²) in [6.07, 6.45) is 0. The number of piperazine rings is 1. The monoisotopic (exact) mass is 356 g/mol. The molecule has 0 bridgehead atoms. The van der Waals surface area contributed by atoms with Crippen LogP contribution in [0.25, 0.3) is 0 Å². The van der Waals surface area contributed by atoms with Gasteiger partial charge in [0.1, 0.15) is 4.21 Å². The van der Waals surface area contributed by atoms with Crippen molar-refractivity contribution in [1.82, 2.24) is 4.31 Å². The third kappa shape index (κ3) is 3.01. The van der Waals surface area contributed by atoms with Gasteiger partial charge >= 0.3 is 0 Å². The van der Waals surface area contributed by atoms with E-state index in [1.165, 1.54) is 11.3 Å². The van der Waals surface area contributed by atoms with Crippen molar-refractivity contribution in [2.45, 2.75) is 11.1 Å². The molecule has 1 aromatic heterocycles. The summed E-state index contributed by atoms with van der Waals surface area (Å²) in [6.45, 7) is 4.29. The number of nitrogens with zero attached hydrogens (tertiary/aromatic N) is 2. The quantitative estimate of drug-likeness (QED) is 0.847. The number of sulfonamides is 1. The molecule has 0 spiro atoms. The zero-order chi connectivity index (χ0) is 15.7. The maximum absolute atomic E-state index is 12.5. The third-order valence-corrected chi connectivity index (χ3v) is 7.53. The Balaban J connectivity index is 1.71. The summed E-state index contributed by atoms with van der Waals surface area (Å²) >= 11 is 7.43. The van der Waals surface area contributed by atoms with Gasteiger partial charge in [-0.3, -0.25) is 0 Å². The molecule has 4 nitrogen and oxygen atoms in total. The summed E-state index contributed by atoms with van der Waals surface area (Å²) in [4.78, 5) is 2.17. The summed E-state index contributed by atoms with van der Waals surface area (Å²) in [7, 11) is -3.34. The molecule has 2 aromatic rings. The van der Waals surface area contributed by atoms with Gasteiger partial charge in [0, 0.05) is 36.9 Å². The third-order valence-electron chi connectivity index (χ3n) is 3.85. The average molecular weight is 357 g/mol. The zero-order valence-electron chi connectivity index (χ0n) is 12.2. The van der Waals surface area contributed by atoms with E-state index in [2.05, 4.69) is 4.90 Å². The van der Waals surface area contributed by atoms with Gasteiger partial charge in [-0.1, -0.05) is 23.7 Å². The van der Waals surface area contributed by atoms with Crippen LogP contribution in [0.1, 0.15) is 5.56 Å². The van der Waals surface area contributed by atoms with Gasteiger partial charge < -0.3 is 4.90 Å². The molecule has 1 saturated heterocycles. The molecule has 3 rings (SSSR count). The Hall–Kier alpha value is -1.08. The number of rotatable bonds is 3. The van der Waals surface area contributed by atoms with Crippen LogP contribution in [0.4, 0.5) is 5.69 Å². The molecule has 0 N–H and O–H groups in total. The van der Waals surface area contributed by atoms with Gasteiger partial charge in [-0.25, -0.2) is 8.42 Å². The average Bonchev–Trinajstić information content (AvgIpc) is 3.05. The molecule has 0 aliphatic carbocycles. The Morgan fingerprint density at radius 1 is 1.14 bits per heavy atom. The number of halogens is 1. The summed E-state index contributed by atoms with van der Waals surface area (Å²) < 4.78 is 27.0. The van der Waals surface area contributed by atoms with Gasteiger partial charge in [0.05, 0.1) is 0 Å². The molecule has 1 fully saturated rings. The number of hydrogen-bond donors (Lipinski definition) is 0. The number of hydrogen-bond acceptors (Lipinski definition) is 4. The van der Waals surface area contributed by atoms with E-state index in [1.54, 1.807) is 21.8 Å². The standard InChI is InChI=1S/C15H17ClN2O2S2/c1-12-4-5-13(11-14(12)16)17-6-8-18(9-7-17)22(19,20)15-3-2-10-21-15/h2-5,10-11H,6-9H2,1H3. The molecule has 0 saturated carbocycles. The smallest absolute Gasteiger partial charge is 0.252 e. The number of thiophene rings is 1. The fraction of sp³-hybridized carbons (Fsp3) is 0.333. The summed E-state index contributed by atoms with van der Waals surface area (Å²) in [5, 5.41) is 2.53. The van der Waals surface area contributed by atoms with E-state index in [0.29, 0.717) is 30.4 Å². The number of anilines is 1. The number of aryl methyl sites for hydroxylation is 1. The van der Waals surface area contributed by atoms with Crippen LogP contribution in [0.15, 0.2) is 39.9 Å². The fourth-order valence-corrected chi connectivity index (χ4v) is 5.24. The molecule has 2 heterocycles. The second-order valence-electron chi connectivity index (χ2n) is 5.26. The highest BCUT2D eigenvalue weighted by Gasteiger charge is 2.29. The van der Waals surface area contributed by atoms with E-state index in [9.17, 15) is 8.42 Å². The normalized spacial score (nSPS) is 16.9. The summed E-state index contributed by atoms with van der Waals surface area (Å²) in [5.41, 5.74) is 2.09. The molecule has 1 aliphatic heterocycles. The van der Waals surface area contributed by atoms with E-state index in [4.69, 9.17) is 11.6 Å². The lowest BCUT2D eigenvalue weighted by molar-refractivity contribution is 0.386. The summed E-state index contributed by atoms with van der Waals surface area (Å²) in [5.74, 6) is 0. The fourth-order valence-electron chi connectivity index (χ4n) is 2.50. The first-order valence-electron chi connectivity index (χ1n) is 7.03. The highest BCUT2D eigenvalue weighted by Crippen LogP contribution is 2.26. The van der Waals surface area contributed by atoms with Crippen molar-refractivity contribution in [3.8, 4) is 0 Å². The van der Waals surface area contributed by atoms with Crippen molar-refractivity contribution >= 4 is 38.6 Å². The largest absolute Gasteiger partial charge is 0.369 e. The van der Waals surface area contributed by atoms with E-state index in [0.717, 1.165) is 16.3 Å². The van der Waals surface area contributed by atoms with Crippen molar-refractivity contribution < 1.29 is 8.42 Å². The Morgan fingerprint density at radius 3 is 2.45 bits per heavy atom. The first-order valence-corrected chi connectivity index (χ1v) is 9.73. The van der Waals surface area contributed by atoms with Crippen molar-refractivity contribution in [3.05, 3.63) is 46.3 Å². The molecule has 0 unspecified atom stereocenters. The van der Waals surface area contributed by atoms with Crippen LogP contribution < -0.4 is 4.90 Å². The topological polar surface area (TPSA) is 40.6 Å². The molecule has 1 aliphatic rings. The van der Waals surface area contributed by atoms with Crippen LogP contribution in [-0.2, 0) is 10.0 Å². The lowest BCUT2D eigenvalue weighted by Gasteiger charge is -2.35. The van der Waals surface area contributed by atoms with Crippen LogP contribution in [0.3, 0.4) is 0 Å². The van der Waals surface area contributed by atoms with Crippen molar-refractivity contribution in [3.63, 3.8) is 0 Å².